The van der Waals surface area contributed by atoms with Gasteiger partial charge in [0.25, 0.3) is 0 Å². The molecule has 1 heterocycles. The Hall–Kier alpha value is -1.08. The van der Waals surface area contributed by atoms with Crippen molar-refractivity contribution in [1.82, 2.24) is 5.32 Å². The first-order chi connectivity index (χ1) is 8.18. The van der Waals surface area contributed by atoms with E-state index in [0.717, 1.165) is 6.42 Å². The van der Waals surface area contributed by atoms with Crippen molar-refractivity contribution in [2.75, 3.05) is 0 Å². The van der Waals surface area contributed by atoms with Crippen molar-refractivity contribution in [1.29, 1.82) is 0 Å². The van der Waals surface area contributed by atoms with E-state index in [-0.39, 0.29) is 5.54 Å². The molecule has 0 bridgehead atoms. The minimum atomic E-state index is 0.123. The minimum Gasteiger partial charge on any atom is -0.304 e. The average Bonchev–Trinajstić information content (AvgIpc) is 2.77. The summed E-state index contributed by atoms with van der Waals surface area (Å²) < 4.78 is 0. The van der Waals surface area contributed by atoms with Crippen LogP contribution in [0.5, 0.6) is 0 Å². The summed E-state index contributed by atoms with van der Waals surface area (Å²) in [5.41, 5.74) is 1.53. The predicted octanol–water partition coefficient (Wildman–Crippen LogP) is 3.87. The zero-order chi connectivity index (χ0) is 12.3. The van der Waals surface area contributed by atoms with E-state index in [9.17, 15) is 0 Å². The molecular formula is C16H23N. The van der Waals surface area contributed by atoms with Gasteiger partial charge in [0, 0.05) is 11.6 Å². The van der Waals surface area contributed by atoms with E-state index in [1.807, 2.05) is 6.08 Å². The Morgan fingerprint density at radius 1 is 1.41 bits per heavy atom. The number of benzene rings is 1. The fraction of sp³-hybridized carbons (Fsp3) is 0.500. The number of hydrogen-bond donors (Lipinski definition) is 1. The summed E-state index contributed by atoms with van der Waals surface area (Å²) >= 11 is 0. The van der Waals surface area contributed by atoms with Crippen LogP contribution in [-0.4, -0.2) is 6.04 Å². The fourth-order valence-electron chi connectivity index (χ4n) is 2.91. The molecule has 1 aliphatic heterocycles. The van der Waals surface area contributed by atoms with Crippen LogP contribution in [0.4, 0.5) is 0 Å². The molecule has 17 heavy (non-hydrogen) atoms. The van der Waals surface area contributed by atoms with Crippen LogP contribution in [0.15, 0.2) is 43.0 Å². The summed E-state index contributed by atoms with van der Waals surface area (Å²) in [6.45, 7) is 8.52. The van der Waals surface area contributed by atoms with Gasteiger partial charge in [0.2, 0.25) is 0 Å². The summed E-state index contributed by atoms with van der Waals surface area (Å²) in [6.07, 6.45) is 5.54. The lowest BCUT2D eigenvalue weighted by molar-refractivity contribution is 0.340. The maximum Gasteiger partial charge on any atom is 0.0472 e. The zero-order valence-corrected chi connectivity index (χ0v) is 10.9. The number of nitrogens with one attached hydrogen (secondary N) is 1. The highest BCUT2D eigenvalue weighted by Crippen LogP contribution is 2.38. The van der Waals surface area contributed by atoms with E-state index in [2.05, 4.69) is 56.1 Å². The molecule has 2 atom stereocenters. The quantitative estimate of drug-likeness (QED) is 0.773. The van der Waals surface area contributed by atoms with Crippen LogP contribution in [0.1, 0.15) is 38.7 Å². The van der Waals surface area contributed by atoms with Crippen molar-refractivity contribution in [2.45, 2.75) is 44.7 Å². The Kier molecular flexibility index (Phi) is 3.68. The van der Waals surface area contributed by atoms with Crippen molar-refractivity contribution >= 4 is 0 Å². The number of rotatable bonds is 4. The Morgan fingerprint density at radius 3 is 2.65 bits per heavy atom. The van der Waals surface area contributed by atoms with Gasteiger partial charge >= 0.3 is 0 Å². The molecule has 1 saturated heterocycles. The Labute approximate surface area is 105 Å². The van der Waals surface area contributed by atoms with Gasteiger partial charge in [-0.05, 0) is 30.7 Å². The molecule has 1 N–H and O–H groups in total. The lowest BCUT2D eigenvalue weighted by Crippen LogP contribution is -2.42. The number of hydrogen-bond acceptors (Lipinski definition) is 1. The highest BCUT2D eigenvalue weighted by Gasteiger charge is 2.39. The van der Waals surface area contributed by atoms with E-state index in [1.54, 1.807) is 0 Å². The molecule has 0 amide bonds. The highest BCUT2D eigenvalue weighted by molar-refractivity contribution is 5.27. The molecule has 0 spiro atoms. The van der Waals surface area contributed by atoms with E-state index in [1.165, 1.54) is 18.4 Å². The molecule has 0 aromatic heterocycles. The second-order valence-electron chi connectivity index (χ2n) is 5.47. The normalized spacial score (nSPS) is 28.5. The van der Waals surface area contributed by atoms with Crippen molar-refractivity contribution in [3.8, 4) is 0 Å². The largest absolute Gasteiger partial charge is 0.304 e. The molecule has 2 rings (SSSR count). The average molecular weight is 229 g/mol. The van der Waals surface area contributed by atoms with E-state index in [4.69, 9.17) is 0 Å². The summed E-state index contributed by atoms with van der Waals surface area (Å²) in [7, 11) is 0. The second kappa shape index (κ2) is 5.05. The third-order valence-electron chi connectivity index (χ3n) is 3.97. The van der Waals surface area contributed by atoms with E-state index >= 15 is 0 Å². The van der Waals surface area contributed by atoms with Gasteiger partial charge in [-0.15, -0.1) is 6.58 Å². The molecule has 1 heteroatoms. The molecule has 92 valence electrons. The monoisotopic (exact) mass is 229 g/mol. The first-order valence-corrected chi connectivity index (χ1v) is 6.62. The molecule has 0 saturated carbocycles. The van der Waals surface area contributed by atoms with Gasteiger partial charge in [-0.25, -0.2) is 0 Å². The maximum absolute atomic E-state index is 3.92. The smallest absolute Gasteiger partial charge is 0.0472 e. The molecule has 1 nitrogen and oxygen atoms in total. The topological polar surface area (TPSA) is 12.0 Å². The summed E-state index contributed by atoms with van der Waals surface area (Å²) in [5, 5.41) is 3.85. The Bertz CT molecular complexity index is 368. The van der Waals surface area contributed by atoms with Crippen LogP contribution < -0.4 is 5.32 Å². The molecule has 0 radical (unpaired) electrons. The standard InChI is InChI=1S/C16H23N/c1-4-11-16(14-8-6-5-7-9-14)12-10-15(17-16)13(2)3/h4-9,13,15,17H,1,10-12H2,2-3H3/t15-,16+/m0/s1. The maximum atomic E-state index is 3.92. The summed E-state index contributed by atoms with van der Waals surface area (Å²) in [5.74, 6) is 0.699. The van der Waals surface area contributed by atoms with Crippen LogP contribution in [0.25, 0.3) is 0 Å². The lowest BCUT2D eigenvalue weighted by Gasteiger charge is -2.31. The summed E-state index contributed by atoms with van der Waals surface area (Å²) in [6, 6.07) is 11.4. The molecule has 1 aromatic rings. The van der Waals surface area contributed by atoms with Gasteiger partial charge < -0.3 is 5.32 Å². The minimum absolute atomic E-state index is 0.123. The Balaban J connectivity index is 2.26. The Morgan fingerprint density at radius 2 is 2.12 bits per heavy atom. The van der Waals surface area contributed by atoms with E-state index < -0.39 is 0 Å². The highest BCUT2D eigenvalue weighted by atomic mass is 15.0. The molecule has 1 fully saturated rings. The third kappa shape index (κ3) is 2.44. The fourth-order valence-corrected chi connectivity index (χ4v) is 2.91. The van der Waals surface area contributed by atoms with Crippen molar-refractivity contribution in [3.63, 3.8) is 0 Å². The van der Waals surface area contributed by atoms with Gasteiger partial charge in [-0.2, -0.15) is 0 Å². The summed E-state index contributed by atoms with van der Waals surface area (Å²) in [4.78, 5) is 0. The van der Waals surface area contributed by atoms with Gasteiger partial charge in [0.1, 0.15) is 0 Å². The van der Waals surface area contributed by atoms with Gasteiger partial charge in [-0.3, -0.25) is 0 Å². The van der Waals surface area contributed by atoms with Gasteiger partial charge in [0.15, 0.2) is 0 Å². The first kappa shape index (κ1) is 12.4. The zero-order valence-electron chi connectivity index (χ0n) is 10.9. The van der Waals surface area contributed by atoms with Crippen molar-refractivity contribution in [3.05, 3.63) is 48.6 Å². The third-order valence-corrected chi connectivity index (χ3v) is 3.97. The van der Waals surface area contributed by atoms with Crippen LogP contribution in [0.3, 0.4) is 0 Å². The molecule has 1 aromatic carbocycles. The van der Waals surface area contributed by atoms with Gasteiger partial charge in [-0.1, -0.05) is 50.3 Å². The first-order valence-electron chi connectivity index (χ1n) is 6.62. The molecule has 0 aliphatic carbocycles. The van der Waals surface area contributed by atoms with Crippen molar-refractivity contribution < 1.29 is 0 Å². The SMILES string of the molecule is C=CC[C@]1(c2ccccc2)CC[C@@H](C(C)C)N1. The van der Waals surface area contributed by atoms with Crippen LogP contribution in [0.2, 0.25) is 0 Å². The van der Waals surface area contributed by atoms with Crippen LogP contribution in [0, 0.1) is 5.92 Å². The van der Waals surface area contributed by atoms with E-state index in [0.29, 0.717) is 12.0 Å². The lowest BCUT2D eigenvalue weighted by atomic mass is 9.85. The predicted molar refractivity (Wildman–Crippen MR) is 73.9 cm³/mol. The van der Waals surface area contributed by atoms with Gasteiger partial charge in [0.05, 0.1) is 0 Å². The van der Waals surface area contributed by atoms with Crippen molar-refractivity contribution in [2.24, 2.45) is 5.92 Å². The van der Waals surface area contributed by atoms with Crippen LogP contribution in [-0.2, 0) is 5.54 Å². The molecule has 0 unspecified atom stereocenters. The van der Waals surface area contributed by atoms with Crippen LogP contribution >= 0.6 is 0 Å². The molecular weight excluding hydrogens is 206 g/mol. The molecule has 1 aliphatic rings. The second-order valence-corrected chi connectivity index (χ2v) is 5.47.